The van der Waals surface area contributed by atoms with Crippen LogP contribution < -0.4 is 5.32 Å². The molecule has 1 aromatic rings. The van der Waals surface area contributed by atoms with Crippen molar-refractivity contribution in [3.05, 3.63) is 39.7 Å². The lowest BCUT2D eigenvalue weighted by atomic mass is 9.78. The smallest absolute Gasteiger partial charge is 0.309 e. The lowest BCUT2D eigenvalue weighted by Crippen LogP contribution is -2.48. The Morgan fingerprint density at radius 1 is 1.22 bits per heavy atom. The topological polar surface area (TPSA) is 55.4 Å². The van der Waals surface area contributed by atoms with Crippen LogP contribution >= 0.6 is 23.2 Å². The normalized spacial score (nSPS) is 19.9. The van der Waals surface area contributed by atoms with Crippen molar-refractivity contribution in [3.63, 3.8) is 0 Å². The number of halogens is 2. The van der Waals surface area contributed by atoms with E-state index in [9.17, 15) is 9.59 Å². The second kappa shape index (κ2) is 6.17. The van der Waals surface area contributed by atoms with Crippen LogP contribution in [0.2, 0.25) is 10.0 Å². The number of ketones is 1. The quantitative estimate of drug-likeness (QED) is 0.813. The fourth-order valence-corrected chi connectivity index (χ4v) is 3.85. The molecule has 23 heavy (non-hydrogen) atoms. The fourth-order valence-electron chi connectivity index (χ4n) is 3.34. The molecule has 1 heterocycles. The summed E-state index contributed by atoms with van der Waals surface area (Å²) < 4.78 is 5.28. The Morgan fingerprint density at radius 2 is 1.91 bits per heavy atom. The molecule has 1 aliphatic carbocycles. The van der Waals surface area contributed by atoms with E-state index in [1.807, 2.05) is 0 Å². The van der Waals surface area contributed by atoms with E-state index in [1.54, 1.807) is 18.2 Å². The first-order chi connectivity index (χ1) is 10.9. The van der Waals surface area contributed by atoms with Gasteiger partial charge in [0.15, 0.2) is 5.78 Å². The Labute approximate surface area is 144 Å². The Morgan fingerprint density at radius 3 is 2.52 bits per heavy atom. The number of nitrogens with one attached hydrogen (secondary N) is 1. The first kappa shape index (κ1) is 16.3. The van der Waals surface area contributed by atoms with Crippen LogP contribution in [0.15, 0.2) is 24.1 Å². The zero-order valence-corrected chi connectivity index (χ0v) is 14.3. The highest BCUT2D eigenvalue weighted by Gasteiger charge is 2.49. The molecule has 6 heteroatoms. The van der Waals surface area contributed by atoms with Crippen LogP contribution in [0.1, 0.15) is 44.6 Å². The van der Waals surface area contributed by atoms with Gasteiger partial charge in [-0.25, -0.2) is 0 Å². The minimum atomic E-state index is -0.679. The molecular weight excluding hydrogens is 337 g/mol. The van der Waals surface area contributed by atoms with Gasteiger partial charge in [0.1, 0.15) is 5.54 Å². The third-order valence-corrected chi connectivity index (χ3v) is 4.94. The molecular formula is C17H17Cl2NO3. The van der Waals surface area contributed by atoms with Crippen molar-refractivity contribution in [3.8, 4) is 0 Å². The number of rotatable bonds is 2. The largest absolute Gasteiger partial charge is 0.409 e. The number of hydrogen-bond acceptors (Lipinski definition) is 4. The predicted molar refractivity (Wildman–Crippen MR) is 89.1 cm³/mol. The summed E-state index contributed by atoms with van der Waals surface area (Å²) in [4.78, 5) is 24.5. The van der Waals surface area contributed by atoms with Crippen LogP contribution in [-0.4, -0.2) is 17.3 Å². The van der Waals surface area contributed by atoms with Gasteiger partial charge >= 0.3 is 5.97 Å². The summed E-state index contributed by atoms with van der Waals surface area (Å²) in [6.45, 7) is 1.31. The van der Waals surface area contributed by atoms with E-state index in [2.05, 4.69) is 5.32 Å². The van der Waals surface area contributed by atoms with E-state index >= 15 is 0 Å². The van der Waals surface area contributed by atoms with Crippen molar-refractivity contribution in [1.29, 1.82) is 0 Å². The molecule has 0 atom stereocenters. The maximum Gasteiger partial charge on any atom is 0.309 e. The number of carbonyl (C=O) groups excluding carboxylic acids is 2. The van der Waals surface area contributed by atoms with Gasteiger partial charge in [-0.3, -0.25) is 9.59 Å². The molecule has 1 spiro atoms. The van der Waals surface area contributed by atoms with Crippen molar-refractivity contribution >= 4 is 40.5 Å². The van der Waals surface area contributed by atoms with Gasteiger partial charge < -0.3 is 10.1 Å². The van der Waals surface area contributed by atoms with Crippen LogP contribution in [0.5, 0.6) is 0 Å². The third kappa shape index (κ3) is 2.98. The average molecular weight is 354 g/mol. The molecule has 0 radical (unpaired) electrons. The minimum absolute atomic E-state index is 0.0577. The van der Waals surface area contributed by atoms with Gasteiger partial charge in [0.25, 0.3) is 0 Å². The number of esters is 1. The molecule has 1 aliphatic heterocycles. The Bertz CT molecular complexity index is 706. The van der Waals surface area contributed by atoms with Gasteiger partial charge in [-0.1, -0.05) is 48.5 Å². The molecule has 1 aromatic carbocycles. The zero-order chi connectivity index (χ0) is 16.6. The predicted octanol–water partition coefficient (Wildman–Crippen LogP) is 4.10. The maximum atomic E-state index is 13.1. The molecule has 4 nitrogen and oxygen atoms in total. The Balaban J connectivity index is 2.07. The highest BCUT2D eigenvalue weighted by Crippen LogP contribution is 2.42. The highest BCUT2D eigenvalue weighted by atomic mass is 35.5. The number of benzene rings is 1. The van der Waals surface area contributed by atoms with E-state index in [-0.39, 0.29) is 11.7 Å². The second-order valence-electron chi connectivity index (χ2n) is 6.02. The van der Waals surface area contributed by atoms with Crippen LogP contribution in [0.25, 0.3) is 5.57 Å². The van der Waals surface area contributed by atoms with Crippen molar-refractivity contribution in [1.82, 2.24) is 5.32 Å². The summed E-state index contributed by atoms with van der Waals surface area (Å²) >= 11 is 12.2. The van der Waals surface area contributed by atoms with Gasteiger partial charge in [0.05, 0.1) is 10.6 Å². The standard InChI is InChI=1S/C17H17Cl2NO3/c1-10(21)23-16-14(12-6-5-11(18)9-13(12)19)15(22)17(20-16)7-3-2-4-8-17/h5-6,9,20H,2-4,7-8H2,1H3. The van der Waals surface area contributed by atoms with Gasteiger partial charge in [0.2, 0.25) is 5.88 Å². The fraction of sp³-hybridized carbons (Fsp3) is 0.412. The summed E-state index contributed by atoms with van der Waals surface area (Å²) in [6.07, 6.45) is 4.49. The number of Topliss-reactive ketones (excluding diaryl/α,β-unsaturated/α-hetero) is 1. The minimum Gasteiger partial charge on any atom is -0.409 e. The second-order valence-corrected chi connectivity index (χ2v) is 6.86. The van der Waals surface area contributed by atoms with Gasteiger partial charge in [-0.15, -0.1) is 0 Å². The van der Waals surface area contributed by atoms with E-state index in [0.29, 0.717) is 21.2 Å². The lowest BCUT2D eigenvalue weighted by Gasteiger charge is -2.32. The van der Waals surface area contributed by atoms with Crippen LogP contribution in [0.4, 0.5) is 0 Å². The summed E-state index contributed by atoms with van der Waals surface area (Å²) in [6, 6.07) is 4.93. The summed E-state index contributed by atoms with van der Waals surface area (Å²) in [5, 5.41) is 4.02. The molecule has 0 amide bonds. The lowest BCUT2D eigenvalue weighted by molar-refractivity contribution is -0.137. The first-order valence-corrected chi connectivity index (χ1v) is 8.40. The number of ether oxygens (including phenoxy) is 1. The van der Waals surface area contributed by atoms with E-state index < -0.39 is 11.5 Å². The van der Waals surface area contributed by atoms with Crippen LogP contribution in [-0.2, 0) is 14.3 Å². The van der Waals surface area contributed by atoms with Gasteiger partial charge in [-0.05, 0) is 25.0 Å². The van der Waals surface area contributed by atoms with Crippen molar-refractivity contribution < 1.29 is 14.3 Å². The molecule has 2 aliphatic rings. The highest BCUT2D eigenvalue weighted by molar-refractivity contribution is 6.38. The van der Waals surface area contributed by atoms with Gasteiger partial charge in [0, 0.05) is 17.5 Å². The van der Waals surface area contributed by atoms with E-state index in [4.69, 9.17) is 27.9 Å². The molecule has 0 aromatic heterocycles. The Hall–Kier alpha value is -1.52. The van der Waals surface area contributed by atoms with E-state index in [0.717, 1.165) is 32.1 Å². The van der Waals surface area contributed by atoms with Crippen molar-refractivity contribution in [2.45, 2.75) is 44.6 Å². The van der Waals surface area contributed by atoms with Crippen molar-refractivity contribution in [2.24, 2.45) is 0 Å². The number of carbonyl (C=O) groups is 2. The molecule has 1 saturated carbocycles. The van der Waals surface area contributed by atoms with E-state index in [1.165, 1.54) is 6.92 Å². The molecule has 1 N–H and O–H groups in total. The molecule has 0 bridgehead atoms. The molecule has 0 unspecified atom stereocenters. The molecule has 1 fully saturated rings. The maximum absolute atomic E-state index is 13.1. The number of hydrogen-bond donors (Lipinski definition) is 1. The summed E-state index contributed by atoms with van der Waals surface area (Å²) in [5.74, 6) is -0.331. The van der Waals surface area contributed by atoms with Crippen LogP contribution in [0.3, 0.4) is 0 Å². The SMILES string of the molecule is CC(=O)OC1=C(c2ccc(Cl)cc2Cl)C(=O)C2(CCCCC2)N1. The van der Waals surface area contributed by atoms with Gasteiger partial charge in [-0.2, -0.15) is 0 Å². The zero-order valence-electron chi connectivity index (χ0n) is 12.7. The molecule has 0 saturated heterocycles. The van der Waals surface area contributed by atoms with Crippen LogP contribution in [0, 0.1) is 0 Å². The monoisotopic (exact) mass is 353 g/mol. The molecule has 122 valence electrons. The Kier molecular flexibility index (Phi) is 4.39. The third-order valence-electron chi connectivity index (χ3n) is 4.39. The summed E-state index contributed by atoms with van der Waals surface area (Å²) in [7, 11) is 0. The van der Waals surface area contributed by atoms with Crippen molar-refractivity contribution in [2.75, 3.05) is 0 Å². The first-order valence-electron chi connectivity index (χ1n) is 7.64. The summed E-state index contributed by atoms with van der Waals surface area (Å²) in [5.41, 5.74) is 0.192. The molecule has 3 rings (SSSR count). The average Bonchev–Trinajstić information content (AvgIpc) is 2.72.